The van der Waals surface area contributed by atoms with Gasteiger partial charge in [-0.2, -0.15) is 5.10 Å². The zero-order valence-electron chi connectivity index (χ0n) is 22.4. The van der Waals surface area contributed by atoms with Crippen LogP contribution < -0.4 is 25.5 Å². The Morgan fingerprint density at radius 2 is 1.95 bits per heavy atom. The van der Waals surface area contributed by atoms with Crippen LogP contribution in [0.1, 0.15) is 24.3 Å². The van der Waals surface area contributed by atoms with Crippen molar-refractivity contribution >= 4 is 41.4 Å². The van der Waals surface area contributed by atoms with Gasteiger partial charge in [0.2, 0.25) is 0 Å². The number of nitro benzene ring substituents is 1. The van der Waals surface area contributed by atoms with E-state index >= 15 is 0 Å². The number of ether oxygens (including phenoxy) is 3. The fraction of sp³-hybridized carbons (Fsp3) is 0.185. The SMILES string of the molecule is COC(=O)C1=C(C)NC(=O)N[C@@H]1c1ccc(OCC(=O)N/N=C\c2ccc(-c3ccc(Cl)c([N+](=O)[O-])c3)o2)c(OC)c1. The average molecular weight is 598 g/mol. The molecule has 0 radical (unpaired) electrons. The van der Waals surface area contributed by atoms with Crippen molar-refractivity contribution in [2.45, 2.75) is 13.0 Å². The second-order valence-electron chi connectivity index (χ2n) is 8.68. The quantitative estimate of drug-likeness (QED) is 0.135. The van der Waals surface area contributed by atoms with Crippen molar-refractivity contribution in [1.29, 1.82) is 0 Å². The van der Waals surface area contributed by atoms with E-state index in [9.17, 15) is 24.5 Å². The van der Waals surface area contributed by atoms with E-state index in [1.165, 1.54) is 38.6 Å². The first-order valence-corrected chi connectivity index (χ1v) is 12.5. The van der Waals surface area contributed by atoms with Gasteiger partial charge in [-0.1, -0.05) is 17.7 Å². The molecule has 0 unspecified atom stereocenters. The molecule has 15 heteroatoms. The lowest BCUT2D eigenvalue weighted by Crippen LogP contribution is -2.45. The Morgan fingerprint density at radius 3 is 2.67 bits per heavy atom. The number of amides is 3. The highest BCUT2D eigenvalue weighted by Crippen LogP contribution is 2.35. The standard InChI is InChI=1S/C27H24ClN5O9/c1-14-24(26(35)40-3)25(31-27(36)30-14)16-5-8-21(22(11-16)39-2)41-13-23(34)32-29-12-17-6-9-20(42-17)15-4-7-18(28)19(10-15)33(37)38/h4-12,25H,13H2,1-3H3,(H,32,34)(H2,30,31,36)/b29-12-/t25-/m1/s1. The van der Waals surface area contributed by atoms with Gasteiger partial charge in [-0.15, -0.1) is 0 Å². The largest absolute Gasteiger partial charge is 0.493 e. The molecule has 0 saturated carbocycles. The first-order valence-electron chi connectivity index (χ1n) is 12.1. The van der Waals surface area contributed by atoms with Gasteiger partial charge in [-0.3, -0.25) is 14.9 Å². The Labute approximate surface area is 243 Å². The van der Waals surface area contributed by atoms with Crippen LogP contribution in [-0.2, 0) is 14.3 Å². The van der Waals surface area contributed by atoms with Gasteiger partial charge in [-0.25, -0.2) is 15.0 Å². The highest BCUT2D eigenvalue weighted by atomic mass is 35.5. The van der Waals surface area contributed by atoms with Crippen LogP contribution in [0, 0.1) is 10.1 Å². The molecule has 0 spiro atoms. The number of methoxy groups -OCH3 is 2. The predicted molar refractivity (Wildman–Crippen MR) is 149 cm³/mol. The number of nitrogens with one attached hydrogen (secondary N) is 3. The number of nitrogens with zero attached hydrogens (tertiary/aromatic N) is 2. The Kier molecular flexibility index (Phi) is 9.07. The third-order valence-corrected chi connectivity index (χ3v) is 6.31. The maximum atomic E-state index is 12.3. The van der Waals surface area contributed by atoms with Gasteiger partial charge in [-0.05, 0) is 48.9 Å². The van der Waals surface area contributed by atoms with Crippen LogP contribution >= 0.6 is 11.6 Å². The number of rotatable bonds is 10. The summed E-state index contributed by atoms with van der Waals surface area (Å²) in [4.78, 5) is 47.2. The molecule has 1 aliphatic heterocycles. The Balaban J connectivity index is 1.38. The number of esters is 1. The van der Waals surface area contributed by atoms with Crippen molar-refractivity contribution in [2.75, 3.05) is 20.8 Å². The second kappa shape index (κ2) is 12.9. The van der Waals surface area contributed by atoms with E-state index in [4.69, 9.17) is 30.2 Å². The van der Waals surface area contributed by atoms with Crippen molar-refractivity contribution in [3.8, 4) is 22.8 Å². The monoisotopic (exact) mass is 597 g/mol. The first kappa shape index (κ1) is 29.6. The fourth-order valence-corrected chi connectivity index (χ4v) is 4.22. The number of nitro groups is 1. The Bertz CT molecular complexity index is 1610. The van der Waals surface area contributed by atoms with Crippen LogP contribution in [0.5, 0.6) is 11.5 Å². The summed E-state index contributed by atoms with van der Waals surface area (Å²) in [6.07, 6.45) is 1.25. The van der Waals surface area contributed by atoms with Crippen molar-refractivity contribution in [3.05, 3.63) is 86.3 Å². The number of carbonyl (C=O) groups is 3. The van der Waals surface area contributed by atoms with Crippen LogP contribution in [0.15, 0.2) is 69.3 Å². The van der Waals surface area contributed by atoms with Gasteiger partial charge in [0.1, 0.15) is 16.5 Å². The van der Waals surface area contributed by atoms with Gasteiger partial charge >= 0.3 is 12.0 Å². The van der Waals surface area contributed by atoms with Gasteiger partial charge in [0.15, 0.2) is 18.1 Å². The summed E-state index contributed by atoms with van der Waals surface area (Å²) in [5.41, 5.74) is 3.59. The minimum absolute atomic E-state index is 0.00537. The Morgan fingerprint density at radius 1 is 1.17 bits per heavy atom. The molecule has 2 aromatic carbocycles. The average Bonchev–Trinajstić information content (AvgIpc) is 3.44. The number of hydrazone groups is 1. The molecule has 14 nitrogen and oxygen atoms in total. The molecule has 4 rings (SSSR count). The van der Waals surface area contributed by atoms with Gasteiger partial charge < -0.3 is 29.3 Å². The van der Waals surface area contributed by atoms with E-state index in [-0.39, 0.29) is 33.5 Å². The molecule has 3 N–H and O–H groups in total. The van der Waals surface area contributed by atoms with Crippen LogP contribution in [0.4, 0.5) is 10.5 Å². The fourth-order valence-electron chi connectivity index (χ4n) is 4.03. The van der Waals surface area contributed by atoms with Crippen LogP contribution in [0.2, 0.25) is 5.02 Å². The summed E-state index contributed by atoms with van der Waals surface area (Å²) in [6.45, 7) is 1.17. The zero-order valence-corrected chi connectivity index (χ0v) is 23.2. The van der Waals surface area contributed by atoms with E-state index < -0.39 is 35.5 Å². The molecule has 42 heavy (non-hydrogen) atoms. The molecule has 3 aromatic rings. The number of halogens is 1. The van der Waals surface area contributed by atoms with Crippen molar-refractivity contribution in [3.63, 3.8) is 0 Å². The molecule has 218 valence electrons. The minimum atomic E-state index is -0.802. The number of carbonyl (C=O) groups excluding carboxylic acids is 3. The van der Waals surface area contributed by atoms with Gasteiger partial charge in [0, 0.05) is 17.3 Å². The third kappa shape index (κ3) is 6.67. The lowest BCUT2D eigenvalue weighted by Gasteiger charge is -2.28. The van der Waals surface area contributed by atoms with Gasteiger partial charge in [0.05, 0.1) is 37.0 Å². The number of hydrogen-bond acceptors (Lipinski definition) is 10. The first-order chi connectivity index (χ1) is 20.1. The molecule has 0 fully saturated rings. The van der Waals surface area contributed by atoms with Crippen molar-refractivity contribution < 1.29 is 37.9 Å². The predicted octanol–water partition coefficient (Wildman–Crippen LogP) is 3.85. The highest BCUT2D eigenvalue weighted by molar-refractivity contribution is 6.32. The highest BCUT2D eigenvalue weighted by Gasteiger charge is 2.32. The summed E-state index contributed by atoms with van der Waals surface area (Å²) in [5.74, 6) is -0.0925. The topological polar surface area (TPSA) is 184 Å². The number of hydrogen-bond donors (Lipinski definition) is 3. The number of urea groups is 1. The lowest BCUT2D eigenvalue weighted by molar-refractivity contribution is -0.384. The van der Waals surface area contributed by atoms with E-state index in [0.29, 0.717) is 22.6 Å². The van der Waals surface area contributed by atoms with E-state index in [1.807, 2.05) is 0 Å². The molecule has 2 heterocycles. The molecule has 1 atom stereocenters. The number of furan rings is 1. The molecule has 0 aliphatic carbocycles. The van der Waals surface area contributed by atoms with Gasteiger partial charge in [0.25, 0.3) is 11.6 Å². The summed E-state index contributed by atoms with van der Waals surface area (Å²) >= 11 is 5.85. The lowest BCUT2D eigenvalue weighted by atomic mass is 9.95. The molecule has 1 aromatic heterocycles. The van der Waals surface area contributed by atoms with Crippen molar-refractivity contribution in [2.24, 2.45) is 5.10 Å². The minimum Gasteiger partial charge on any atom is -0.493 e. The normalized spacial score (nSPS) is 14.7. The van der Waals surface area contributed by atoms with E-state index in [0.717, 1.165) is 0 Å². The van der Waals surface area contributed by atoms with E-state index in [1.54, 1.807) is 37.3 Å². The molecular formula is C27H24ClN5O9. The number of benzene rings is 2. The molecule has 0 saturated heterocycles. The summed E-state index contributed by atoms with van der Waals surface area (Å²) < 4.78 is 21.4. The Hall–Kier alpha value is -5.37. The van der Waals surface area contributed by atoms with Crippen molar-refractivity contribution in [1.82, 2.24) is 16.1 Å². The maximum Gasteiger partial charge on any atom is 0.337 e. The molecule has 1 aliphatic rings. The maximum absolute atomic E-state index is 12.3. The zero-order chi connectivity index (χ0) is 30.4. The summed E-state index contributed by atoms with van der Waals surface area (Å²) in [5, 5.41) is 20.2. The third-order valence-electron chi connectivity index (χ3n) is 5.99. The van der Waals surface area contributed by atoms with Crippen LogP contribution in [-0.4, -0.2) is 49.9 Å². The number of allylic oxidation sites excluding steroid dienone is 1. The summed E-state index contributed by atoms with van der Waals surface area (Å²) in [7, 11) is 2.64. The smallest absolute Gasteiger partial charge is 0.337 e. The van der Waals surface area contributed by atoms with Crippen LogP contribution in [0.25, 0.3) is 11.3 Å². The van der Waals surface area contributed by atoms with Crippen LogP contribution in [0.3, 0.4) is 0 Å². The second-order valence-corrected chi connectivity index (χ2v) is 9.09. The molecule has 3 amide bonds. The summed E-state index contributed by atoms with van der Waals surface area (Å²) in [6, 6.07) is 10.9. The molecule has 0 bridgehead atoms. The molecular weight excluding hydrogens is 574 g/mol. The van der Waals surface area contributed by atoms with E-state index in [2.05, 4.69) is 21.2 Å².